The fraction of sp³-hybridized carbons (Fsp3) is 0.533. The highest BCUT2D eigenvalue weighted by molar-refractivity contribution is 7.09. The van der Waals surface area contributed by atoms with Crippen LogP contribution in [0.4, 0.5) is 5.82 Å². The summed E-state index contributed by atoms with van der Waals surface area (Å²) in [7, 11) is 0. The molecule has 2 aromatic rings. The molecular formula is C15H21N5OS. The van der Waals surface area contributed by atoms with E-state index >= 15 is 0 Å². The van der Waals surface area contributed by atoms with Gasteiger partial charge in [0, 0.05) is 38.1 Å². The normalized spacial score (nSPS) is 16.7. The van der Waals surface area contributed by atoms with Crippen molar-refractivity contribution in [1.29, 1.82) is 0 Å². The van der Waals surface area contributed by atoms with E-state index in [1.54, 1.807) is 23.7 Å². The van der Waals surface area contributed by atoms with E-state index in [-0.39, 0.29) is 6.61 Å². The van der Waals surface area contributed by atoms with Crippen LogP contribution >= 0.6 is 11.3 Å². The van der Waals surface area contributed by atoms with Crippen molar-refractivity contribution < 1.29 is 5.11 Å². The highest BCUT2D eigenvalue weighted by Gasteiger charge is 2.17. The zero-order valence-corrected chi connectivity index (χ0v) is 13.6. The van der Waals surface area contributed by atoms with Gasteiger partial charge in [0.15, 0.2) is 0 Å². The van der Waals surface area contributed by atoms with Gasteiger partial charge in [0.05, 0.1) is 35.4 Å². The minimum Gasteiger partial charge on any atom is -0.390 e. The van der Waals surface area contributed by atoms with Crippen LogP contribution in [0.25, 0.3) is 0 Å². The molecule has 6 nitrogen and oxygen atoms in total. The summed E-state index contributed by atoms with van der Waals surface area (Å²) < 4.78 is 0. The third-order valence-electron chi connectivity index (χ3n) is 3.82. The standard InChI is InChI=1S/C15H21N5OS/c1-12-18-14(11-22-12)9-19-3-2-4-20(6-5-19)15-8-16-13(10-21)7-17-15/h7-8,11,21H,2-6,9-10H2,1H3. The van der Waals surface area contributed by atoms with Gasteiger partial charge >= 0.3 is 0 Å². The quantitative estimate of drug-likeness (QED) is 0.920. The fourth-order valence-corrected chi connectivity index (χ4v) is 3.26. The van der Waals surface area contributed by atoms with Gasteiger partial charge in [0.1, 0.15) is 5.82 Å². The smallest absolute Gasteiger partial charge is 0.147 e. The van der Waals surface area contributed by atoms with Crippen LogP contribution < -0.4 is 4.90 Å². The molecule has 1 N–H and O–H groups in total. The first kappa shape index (κ1) is 15.3. The Hall–Kier alpha value is -1.57. The number of aliphatic hydroxyl groups excluding tert-OH is 1. The summed E-state index contributed by atoms with van der Waals surface area (Å²) in [5.74, 6) is 0.892. The molecule has 0 atom stereocenters. The second-order valence-electron chi connectivity index (χ2n) is 5.50. The van der Waals surface area contributed by atoms with E-state index in [4.69, 9.17) is 5.11 Å². The topological polar surface area (TPSA) is 65.4 Å². The molecule has 3 heterocycles. The lowest BCUT2D eigenvalue weighted by atomic mass is 10.3. The minimum absolute atomic E-state index is 0.0614. The second kappa shape index (κ2) is 7.13. The van der Waals surface area contributed by atoms with E-state index < -0.39 is 0 Å². The fourth-order valence-electron chi connectivity index (χ4n) is 2.66. The second-order valence-corrected chi connectivity index (χ2v) is 6.56. The predicted octanol–water partition coefficient (Wildman–Crippen LogP) is 1.45. The van der Waals surface area contributed by atoms with E-state index in [2.05, 4.69) is 30.1 Å². The molecule has 1 fully saturated rings. The first-order valence-corrected chi connectivity index (χ1v) is 8.42. The molecule has 0 spiro atoms. The maximum Gasteiger partial charge on any atom is 0.147 e. The molecule has 1 saturated heterocycles. The van der Waals surface area contributed by atoms with E-state index in [0.717, 1.165) is 50.0 Å². The van der Waals surface area contributed by atoms with E-state index in [0.29, 0.717) is 5.69 Å². The molecule has 0 saturated carbocycles. The van der Waals surface area contributed by atoms with Gasteiger partial charge in [-0.1, -0.05) is 0 Å². The number of rotatable bonds is 4. The van der Waals surface area contributed by atoms with E-state index in [1.165, 1.54) is 5.69 Å². The molecule has 1 aliphatic heterocycles. The molecule has 0 bridgehead atoms. The molecule has 0 amide bonds. The largest absolute Gasteiger partial charge is 0.390 e. The summed E-state index contributed by atoms with van der Waals surface area (Å²) in [6, 6.07) is 0. The van der Waals surface area contributed by atoms with Gasteiger partial charge in [-0.25, -0.2) is 9.97 Å². The average Bonchev–Trinajstić information content (AvgIpc) is 2.81. The van der Waals surface area contributed by atoms with Gasteiger partial charge in [0.2, 0.25) is 0 Å². The van der Waals surface area contributed by atoms with Gasteiger partial charge in [-0.3, -0.25) is 9.88 Å². The van der Waals surface area contributed by atoms with Crippen molar-refractivity contribution in [2.45, 2.75) is 26.5 Å². The molecule has 7 heteroatoms. The molecule has 2 aromatic heterocycles. The van der Waals surface area contributed by atoms with Gasteiger partial charge in [0.25, 0.3) is 0 Å². The Bertz CT molecular complexity index is 600. The highest BCUT2D eigenvalue weighted by atomic mass is 32.1. The van der Waals surface area contributed by atoms with E-state index in [9.17, 15) is 0 Å². The van der Waals surface area contributed by atoms with Gasteiger partial charge in [-0.15, -0.1) is 11.3 Å². The monoisotopic (exact) mass is 319 g/mol. The molecule has 118 valence electrons. The summed E-state index contributed by atoms with van der Waals surface area (Å²) >= 11 is 1.71. The maximum atomic E-state index is 9.03. The first-order chi connectivity index (χ1) is 10.7. The molecule has 0 radical (unpaired) electrons. The Labute approximate surface area is 134 Å². The molecule has 0 aromatic carbocycles. The summed E-state index contributed by atoms with van der Waals surface area (Å²) in [5, 5.41) is 12.3. The van der Waals surface area contributed by atoms with Crippen LogP contribution in [0.5, 0.6) is 0 Å². The number of hydrogen-bond donors (Lipinski definition) is 1. The lowest BCUT2D eigenvalue weighted by molar-refractivity contribution is 0.276. The lowest BCUT2D eigenvalue weighted by Gasteiger charge is -2.22. The van der Waals surface area contributed by atoms with Crippen molar-refractivity contribution in [2.24, 2.45) is 0 Å². The predicted molar refractivity (Wildman–Crippen MR) is 86.9 cm³/mol. The van der Waals surface area contributed by atoms with Crippen molar-refractivity contribution in [1.82, 2.24) is 19.9 Å². The zero-order valence-electron chi connectivity index (χ0n) is 12.8. The third kappa shape index (κ3) is 3.79. The lowest BCUT2D eigenvalue weighted by Crippen LogP contribution is -2.31. The Morgan fingerprint density at radius 3 is 2.73 bits per heavy atom. The minimum atomic E-state index is -0.0614. The summed E-state index contributed by atoms with van der Waals surface area (Å²) in [5.41, 5.74) is 1.78. The number of nitrogens with zero attached hydrogens (tertiary/aromatic N) is 5. The molecule has 0 unspecified atom stereocenters. The Morgan fingerprint density at radius 2 is 2.05 bits per heavy atom. The Balaban J connectivity index is 1.59. The van der Waals surface area contributed by atoms with Crippen molar-refractivity contribution in [3.63, 3.8) is 0 Å². The number of aryl methyl sites for hydroxylation is 1. The number of hydrogen-bond acceptors (Lipinski definition) is 7. The molecule has 0 aliphatic carbocycles. The van der Waals surface area contributed by atoms with Gasteiger partial charge in [-0.2, -0.15) is 0 Å². The first-order valence-electron chi connectivity index (χ1n) is 7.54. The van der Waals surface area contributed by atoms with Crippen molar-refractivity contribution in [2.75, 3.05) is 31.1 Å². The third-order valence-corrected chi connectivity index (χ3v) is 4.64. The van der Waals surface area contributed by atoms with Crippen LogP contribution in [0, 0.1) is 6.92 Å². The van der Waals surface area contributed by atoms with Crippen LogP contribution in [0.1, 0.15) is 22.8 Å². The molecule has 1 aliphatic rings. The van der Waals surface area contributed by atoms with Crippen LogP contribution in [0.2, 0.25) is 0 Å². The average molecular weight is 319 g/mol. The number of aliphatic hydroxyl groups is 1. The van der Waals surface area contributed by atoms with Gasteiger partial charge < -0.3 is 10.0 Å². The van der Waals surface area contributed by atoms with Gasteiger partial charge in [-0.05, 0) is 13.3 Å². The van der Waals surface area contributed by atoms with Crippen LogP contribution in [0.15, 0.2) is 17.8 Å². The van der Waals surface area contributed by atoms with Crippen LogP contribution in [-0.2, 0) is 13.2 Å². The van der Waals surface area contributed by atoms with E-state index in [1.807, 2.05) is 6.92 Å². The number of aromatic nitrogens is 3. The maximum absolute atomic E-state index is 9.03. The number of anilines is 1. The number of thiazole rings is 1. The zero-order chi connectivity index (χ0) is 15.4. The molecule has 3 rings (SSSR count). The summed E-state index contributed by atoms with van der Waals surface area (Å²) in [6.45, 7) is 6.92. The molecular weight excluding hydrogens is 298 g/mol. The van der Waals surface area contributed by atoms with Crippen molar-refractivity contribution in [3.8, 4) is 0 Å². The highest BCUT2D eigenvalue weighted by Crippen LogP contribution is 2.15. The SMILES string of the molecule is Cc1nc(CN2CCCN(c3cnc(CO)cn3)CC2)cs1. The van der Waals surface area contributed by atoms with Crippen molar-refractivity contribution in [3.05, 3.63) is 34.2 Å². The summed E-state index contributed by atoms with van der Waals surface area (Å²) in [6.07, 6.45) is 4.51. The Morgan fingerprint density at radius 1 is 1.14 bits per heavy atom. The van der Waals surface area contributed by atoms with Crippen LogP contribution in [-0.4, -0.2) is 51.1 Å². The molecule has 22 heavy (non-hydrogen) atoms. The van der Waals surface area contributed by atoms with Crippen LogP contribution in [0.3, 0.4) is 0 Å². The van der Waals surface area contributed by atoms with Crippen molar-refractivity contribution >= 4 is 17.2 Å². The Kier molecular flexibility index (Phi) is 4.97. The summed E-state index contributed by atoms with van der Waals surface area (Å²) in [4.78, 5) is 17.9.